The standard InChI is InChI=1S/C28H22ClO4P/c1-19-11-9-16-22(20-12-5-3-6-13-20)26(19)34(32,27(30)21-14-7-4-8-15-21)28(31)25-23(29)17-10-18-24(25)33-2/h3-18H,1-2H3. The van der Waals surface area contributed by atoms with Crippen LogP contribution in [0.5, 0.6) is 5.75 Å². The molecular weight excluding hydrogens is 467 g/mol. The van der Waals surface area contributed by atoms with Crippen molar-refractivity contribution in [3.05, 3.63) is 119 Å². The summed E-state index contributed by atoms with van der Waals surface area (Å²) >= 11 is 6.41. The van der Waals surface area contributed by atoms with Gasteiger partial charge in [0, 0.05) is 10.9 Å². The Morgan fingerprint density at radius 2 is 1.38 bits per heavy atom. The van der Waals surface area contributed by atoms with Crippen LogP contribution in [0.2, 0.25) is 5.02 Å². The molecule has 0 saturated carbocycles. The van der Waals surface area contributed by atoms with Crippen molar-refractivity contribution in [1.82, 2.24) is 0 Å². The van der Waals surface area contributed by atoms with Crippen molar-refractivity contribution in [2.24, 2.45) is 0 Å². The van der Waals surface area contributed by atoms with E-state index in [0.717, 1.165) is 5.56 Å². The number of hydrogen-bond donors (Lipinski definition) is 0. The summed E-state index contributed by atoms with van der Waals surface area (Å²) < 4.78 is 20.4. The Balaban J connectivity index is 2.08. The molecule has 0 aliphatic rings. The fraction of sp³-hybridized carbons (Fsp3) is 0.0714. The van der Waals surface area contributed by atoms with Crippen molar-refractivity contribution in [2.75, 3.05) is 7.11 Å². The molecule has 6 heteroatoms. The number of benzene rings is 4. The van der Waals surface area contributed by atoms with E-state index >= 15 is 4.57 Å². The predicted octanol–water partition coefficient (Wildman–Crippen LogP) is 6.99. The smallest absolute Gasteiger partial charge is 0.249 e. The zero-order valence-corrected chi connectivity index (χ0v) is 20.3. The maximum absolute atomic E-state index is 15.0. The fourth-order valence-corrected chi connectivity index (χ4v) is 7.11. The van der Waals surface area contributed by atoms with Crippen molar-refractivity contribution in [2.45, 2.75) is 6.92 Å². The lowest BCUT2D eigenvalue weighted by molar-refractivity contribution is 0.103. The van der Waals surface area contributed by atoms with Gasteiger partial charge in [-0.3, -0.25) is 9.59 Å². The van der Waals surface area contributed by atoms with Crippen molar-refractivity contribution >= 4 is 35.1 Å². The van der Waals surface area contributed by atoms with Crippen LogP contribution >= 0.6 is 18.7 Å². The molecule has 1 unspecified atom stereocenters. The summed E-state index contributed by atoms with van der Waals surface area (Å²) in [7, 11) is -3.05. The average molecular weight is 489 g/mol. The van der Waals surface area contributed by atoms with Gasteiger partial charge in [-0.1, -0.05) is 96.5 Å². The number of rotatable bonds is 7. The molecule has 0 fully saturated rings. The van der Waals surface area contributed by atoms with E-state index in [0.29, 0.717) is 11.1 Å². The monoisotopic (exact) mass is 488 g/mol. The molecule has 34 heavy (non-hydrogen) atoms. The van der Waals surface area contributed by atoms with Gasteiger partial charge < -0.3 is 9.30 Å². The Bertz CT molecular complexity index is 1420. The van der Waals surface area contributed by atoms with Gasteiger partial charge in [-0.2, -0.15) is 0 Å². The molecule has 0 aliphatic heterocycles. The van der Waals surface area contributed by atoms with Gasteiger partial charge in [0.05, 0.1) is 17.7 Å². The Kier molecular flexibility index (Phi) is 6.83. The van der Waals surface area contributed by atoms with Crippen LogP contribution < -0.4 is 10.0 Å². The van der Waals surface area contributed by atoms with Gasteiger partial charge in [0.1, 0.15) is 5.75 Å². The van der Waals surface area contributed by atoms with E-state index < -0.39 is 18.2 Å². The number of hydrogen-bond acceptors (Lipinski definition) is 4. The highest BCUT2D eigenvalue weighted by atomic mass is 35.5. The van der Waals surface area contributed by atoms with Gasteiger partial charge in [-0.25, -0.2) is 0 Å². The molecule has 0 aliphatic carbocycles. The predicted molar refractivity (Wildman–Crippen MR) is 137 cm³/mol. The lowest BCUT2D eigenvalue weighted by Crippen LogP contribution is -2.25. The summed E-state index contributed by atoms with van der Waals surface area (Å²) in [4.78, 5) is 28.1. The molecule has 0 radical (unpaired) electrons. The Morgan fingerprint density at radius 1 is 0.765 bits per heavy atom. The molecule has 0 saturated heterocycles. The van der Waals surface area contributed by atoms with Gasteiger partial charge in [0.2, 0.25) is 18.2 Å². The van der Waals surface area contributed by atoms with Gasteiger partial charge in [-0.05, 0) is 35.7 Å². The molecule has 0 heterocycles. The Hall–Kier alpha value is -3.46. The molecular formula is C28H22ClO4P. The second kappa shape index (κ2) is 9.80. The zero-order chi connectivity index (χ0) is 24.3. The lowest BCUT2D eigenvalue weighted by Gasteiger charge is -2.23. The van der Waals surface area contributed by atoms with E-state index in [-0.39, 0.29) is 27.2 Å². The molecule has 0 N–H and O–H groups in total. The third-order valence-corrected chi connectivity index (χ3v) is 8.80. The number of carbonyl (C=O) groups is 2. The molecule has 1 atom stereocenters. The summed E-state index contributed by atoms with van der Waals surface area (Å²) in [5, 5.41) is 0.280. The second-order valence-electron chi connectivity index (χ2n) is 7.74. The maximum atomic E-state index is 15.0. The Labute approximate surface area is 203 Å². The molecule has 170 valence electrons. The van der Waals surface area contributed by atoms with E-state index in [9.17, 15) is 9.59 Å². The quantitative estimate of drug-likeness (QED) is 0.263. The minimum atomic E-state index is -4.45. The number of aryl methyl sites for hydroxylation is 1. The number of methoxy groups -OCH3 is 1. The normalized spacial score (nSPS) is 12.6. The fourth-order valence-electron chi connectivity index (χ4n) is 4.02. The van der Waals surface area contributed by atoms with Gasteiger partial charge in [0.25, 0.3) is 0 Å². The van der Waals surface area contributed by atoms with Crippen molar-refractivity contribution in [3.63, 3.8) is 0 Å². The molecule has 4 aromatic carbocycles. The van der Waals surface area contributed by atoms with Crippen LogP contribution in [0.3, 0.4) is 0 Å². The minimum absolute atomic E-state index is 0.0680. The van der Waals surface area contributed by atoms with E-state index in [1.165, 1.54) is 13.2 Å². The molecule has 0 amide bonds. The summed E-state index contributed by atoms with van der Waals surface area (Å²) in [6.45, 7) is 1.75. The lowest BCUT2D eigenvalue weighted by atomic mass is 10.0. The number of halogens is 1. The second-order valence-corrected chi connectivity index (χ2v) is 10.6. The average Bonchev–Trinajstić information content (AvgIpc) is 2.88. The first kappa shape index (κ1) is 23.7. The van der Waals surface area contributed by atoms with E-state index in [4.69, 9.17) is 16.3 Å². The van der Waals surface area contributed by atoms with Crippen LogP contribution in [0.4, 0.5) is 0 Å². The Morgan fingerprint density at radius 3 is 2.03 bits per heavy atom. The molecule has 4 aromatic rings. The molecule has 0 aromatic heterocycles. The highest BCUT2D eigenvalue weighted by Crippen LogP contribution is 2.55. The first-order valence-corrected chi connectivity index (χ1v) is 12.7. The van der Waals surface area contributed by atoms with Crippen LogP contribution in [0, 0.1) is 6.92 Å². The highest BCUT2D eigenvalue weighted by Gasteiger charge is 2.46. The van der Waals surface area contributed by atoms with Crippen LogP contribution in [-0.4, -0.2) is 18.2 Å². The largest absolute Gasteiger partial charge is 0.496 e. The number of carbonyl (C=O) groups excluding carboxylic acids is 2. The highest BCUT2D eigenvalue weighted by molar-refractivity contribution is 8.01. The summed E-state index contributed by atoms with van der Waals surface area (Å²) in [6.07, 6.45) is 0. The summed E-state index contributed by atoms with van der Waals surface area (Å²) in [5.74, 6) is 0.161. The first-order chi connectivity index (χ1) is 16.4. The van der Waals surface area contributed by atoms with E-state index in [2.05, 4.69) is 0 Å². The van der Waals surface area contributed by atoms with Crippen LogP contribution in [0.15, 0.2) is 97.1 Å². The van der Waals surface area contributed by atoms with E-state index in [1.54, 1.807) is 61.5 Å². The molecule has 4 nitrogen and oxygen atoms in total. The summed E-state index contributed by atoms with van der Waals surface area (Å²) in [5.41, 5.74) is 0.415. The zero-order valence-electron chi connectivity index (χ0n) is 18.7. The van der Waals surface area contributed by atoms with Crippen molar-refractivity contribution in [3.8, 4) is 16.9 Å². The number of ether oxygens (including phenoxy) is 1. The minimum Gasteiger partial charge on any atom is -0.496 e. The van der Waals surface area contributed by atoms with Crippen LogP contribution in [0.1, 0.15) is 26.3 Å². The third kappa shape index (κ3) is 4.11. The molecule has 0 spiro atoms. The third-order valence-electron chi connectivity index (χ3n) is 5.64. The summed E-state index contributed by atoms with van der Waals surface area (Å²) in [6, 6.07) is 27.6. The maximum Gasteiger partial charge on any atom is 0.249 e. The van der Waals surface area contributed by atoms with Crippen molar-refractivity contribution in [1.29, 1.82) is 0 Å². The first-order valence-electron chi connectivity index (χ1n) is 10.6. The van der Waals surface area contributed by atoms with Gasteiger partial charge in [0.15, 0.2) is 0 Å². The van der Waals surface area contributed by atoms with Gasteiger partial charge in [-0.15, -0.1) is 0 Å². The molecule has 0 bridgehead atoms. The van der Waals surface area contributed by atoms with Crippen molar-refractivity contribution < 1.29 is 18.9 Å². The van der Waals surface area contributed by atoms with Crippen LogP contribution in [0.25, 0.3) is 11.1 Å². The SMILES string of the molecule is COc1cccc(Cl)c1C(=O)P(=O)(C(=O)c1ccccc1)c1c(C)cccc1-c1ccccc1. The molecule has 4 rings (SSSR count). The van der Waals surface area contributed by atoms with E-state index in [1.807, 2.05) is 36.4 Å². The van der Waals surface area contributed by atoms with Gasteiger partial charge >= 0.3 is 0 Å². The topological polar surface area (TPSA) is 60.4 Å². The van der Waals surface area contributed by atoms with Crippen LogP contribution in [-0.2, 0) is 4.57 Å².